The van der Waals surface area contributed by atoms with Crippen LogP contribution in [-0.2, 0) is 12.8 Å². The van der Waals surface area contributed by atoms with Crippen molar-refractivity contribution in [3.8, 4) is 11.3 Å². The van der Waals surface area contributed by atoms with Gasteiger partial charge in [-0.25, -0.2) is 0 Å². The Morgan fingerprint density at radius 1 is 1.04 bits per heavy atom. The van der Waals surface area contributed by atoms with Crippen LogP contribution in [0.5, 0.6) is 0 Å². The average Bonchev–Trinajstić information content (AvgIpc) is 3.18. The molecule has 0 fully saturated rings. The maximum Gasteiger partial charge on any atom is 0.107 e. The highest BCUT2D eigenvalue weighted by atomic mass is 15.4. The van der Waals surface area contributed by atoms with Gasteiger partial charge in [-0.3, -0.25) is 4.68 Å². The van der Waals surface area contributed by atoms with Gasteiger partial charge in [-0.1, -0.05) is 24.3 Å². The first kappa shape index (κ1) is 15.2. The third kappa shape index (κ3) is 2.67. The molecule has 0 saturated carbocycles. The van der Waals surface area contributed by atoms with Crippen LogP contribution >= 0.6 is 0 Å². The van der Waals surface area contributed by atoms with Crippen molar-refractivity contribution in [2.45, 2.75) is 32.7 Å². The summed E-state index contributed by atoms with van der Waals surface area (Å²) in [5.41, 5.74) is 7.14. The zero-order valence-corrected chi connectivity index (χ0v) is 14.2. The van der Waals surface area contributed by atoms with E-state index in [9.17, 15) is 0 Å². The first-order chi connectivity index (χ1) is 11.7. The van der Waals surface area contributed by atoms with Crippen LogP contribution < -0.4 is 5.32 Å². The van der Waals surface area contributed by atoms with Crippen LogP contribution in [-0.4, -0.2) is 35.1 Å². The van der Waals surface area contributed by atoms with Gasteiger partial charge in [-0.05, 0) is 37.6 Å². The molecule has 0 bridgehead atoms. The molecule has 6 nitrogen and oxygen atoms in total. The first-order valence-electron chi connectivity index (χ1n) is 8.59. The number of hydrogen-bond donors (Lipinski definition) is 1. The number of fused-ring (bicyclic) bond motifs is 1. The lowest BCUT2D eigenvalue weighted by Crippen LogP contribution is -2.17. The molecule has 2 aromatic rings. The van der Waals surface area contributed by atoms with E-state index < -0.39 is 0 Å². The molecule has 1 aromatic carbocycles. The second kappa shape index (κ2) is 6.28. The molecule has 6 heteroatoms. The summed E-state index contributed by atoms with van der Waals surface area (Å²) in [5, 5.41) is 20.1. The second-order valence-corrected chi connectivity index (χ2v) is 6.58. The number of nitrogens with zero attached hydrogens (tertiary/aromatic N) is 5. The highest BCUT2D eigenvalue weighted by molar-refractivity contribution is 6.02. The van der Waals surface area contributed by atoms with E-state index in [-0.39, 0.29) is 0 Å². The third-order valence-electron chi connectivity index (χ3n) is 4.61. The molecule has 0 unspecified atom stereocenters. The molecule has 0 radical (unpaired) electrons. The Kier molecular flexibility index (Phi) is 3.98. The van der Waals surface area contributed by atoms with Gasteiger partial charge in [-0.15, -0.1) is 5.10 Å². The average molecular weight is 322 g/mol. The van der Waals surface area contributed by atoms with Crippen LogP contribution in [0, 0.1) is 0 Å². The molecule has 0 atom stereocenters. The summed E-state index contributed by atoms with van der Waals surface area (Å²) in [6.45, 7) is 6.98. The van der Waals surface area contributed by atoms with Gasteiger partial charge in [0, 0.05) is 30.1 Å². The molecule has 2 aliphatic rings. The third-order valence-corrected chi connectivity index (χ3v) is 4.61. The molecule has 0 aliphatic carbocycles. The van der Waals surface area contributed by atoms with Crippen LogP contribution in [0.4, 0.5) is 0 Å². The fourth-order valence-corrected chi connectivity index (χ4v) is 3.39. The van der Waals surface area contributed by atoms with Crippen molar-refractivity contribution in [3.05, 3.63) is 41.1 Å². The highest BCUT2D eigenvalue weighted by Gasteiger charge is 2.22. The van der Waals surface area contributed by atoms with Crippen LogP contribution in [0.25, 0.3) is 11.3 Å². The van der Waals surface area contributed by atoms with Gasteiger partial charge in [0.05, 0.1) is 17.1 Å². The Morgan fingerprint density at radius 2 is 1.79 bits per heavy atom. The SMILES string of the molecule is CC(C)n1nc2c(c1-c1ccc(C3=NN=NC3)cc1)CCNCC2. The van der Waals surface area contributed by atoms with Crippen LogP contribution in [0.2, 0.25) is 0 Å². The van der Waals surface area contributed by atoms with Gasteiger partial charge in [-0.2, -0.15) is 10.2 Å². The summed E-state index contributed by atoms with van der Waals surface area (Å²) in [7, 11) is 0. The van der Waals surface area contributed by atoms with Crippen molar-refractivity contribution in [3.63, 3.8) is 0 Å². The lowest BCUT2D eigenvalue weighted by Gasteiger charge is -2.13. The molecule has 3 heterocycles. The number of rotatable bonds is 3. The van der Waals surface area contributed by atoms with E-state index in [1.165, 1.54) is 22.5 Å². The predicted molar refractivity (Wildman–Crippen MR) is 94.6 cm³/mol. The first-order valence-corrected chi connectivity index (χ1v) is 8.59. The van der Waals surface area contributed by atoms with Crippen LogP contribution in [0.15, 0.2) is 39.7 Å². The standard InChI is InChI=1S/C18H22N6/c1-12(2)24-18(15-7-9-19-10-8-16(15)22-24)14-5-3-13(4-6-14)17-11-20-23-21-17/h3-6,12,19H,7-11H2,1-2H3. The summed E-state index contributed by atoms with van der Waals surface area (Å²) in [6, 6.07) is 8.92. The minimum atomic E-state index is 0.344. The molecule has 2 aliphatic heterocycles. The summed E-state index contributed by atoms with van der Waals surface area (Å²) >= 11 is 0. The van der Waals surface area contributed by atoms with Gasteiger partial charge in [0.25, 0.3) is 0 Å². The lowest BCUT2D eigenvalue weighted by molar-refractivity contribution is 0.529. The monoisotopic (exact) mass is 322 g/mol. The van der Waals surface area contributed by atoms with Crippen LogP contribution in [0.3, 0.4) is 0 Å². The normalized spacial score (nSPS) is 17.0. The fraction of sp³-hybridized carbons (Fsp3) is 0.444. The molecular formula is C18H22N6. The van der Waals surface area contributed by atoms with Gasteiger partial charge in [0.1, 0.15) is 6.54 Å². The van der Waals surface area contributed by atoms with Gasteiger partial charge < -0.3 is 5.32 Å². The van der Waals surface area contributed by atoms with E-state index in [0.29, 0.717) is 12.6 Å². The predicted octanol–water partition coefficient (Wildman–Crippen LogP) is 2.99. The number of nitrogens with one attached hydrogen (secondary N) is 1. The quantitative estimate of drug-likeness (QED) is 0.944. The molecule has 124 valence electrons. The van der Waals surface area contributed by atoms with E-state index in [1.54, 1.807) is 0 Å². The molecule has 0 amide bonds. The van der Waals surface area contributed by atoms with Crippen molar-refractivity contribution in [1.82, 2.24) is 15.1 Å². The molecule has 0 saturated heterocycles. The van der Waals surface area contributed by atoms with Crippen molar-refractivity contribution < 1.29 is 0 Å². The van der Waals surface area contributed by atoms with E-state index >= 15 is 0 Å². The minimum absolute atomic E-state index is 0.344. The fourth-order valence-electron chi connectivity index (χ4n) is 3.39. The summed E-state index contributed by atoms with van der Waals surface area (Å²) in [6.07, 6.45) is 2.03. The van der Waals surface area contributed by atoms with E-state index in [1.807, 2.05) is 0 Å². The van der Waals surface area contributed by atoms with Gasteiger partial charge in [0.2, 0.25) is 0 Å². The molecule has 0 spiro atoms. The molecule has 24 heavy (non-hydrogen) atoms. The van der Waals surface area contributed by atoms with E-state index in [4.69, 9.17) is 5.10 Å². The smallest absolute Gasteiger partial charge is 0.107 e. The summed E-state index contributed by atoms with van der Waals surface area (Å²) in [5.74, 6) is 0. The largest absolute Gasteiger partial charge is 0.316 e. The van der Waals surface area contributed by atoms with E-state index in [2.05, 4.69) is 63.6 Å². The van der Waals surface area contributed by atoms with Crippen molar-refractivity contribution in [1.29, 1.82) is 0 Å². The molecule has 1 aromatic heterocycles. The van der Waals surface area contributed by atoms with E-state index in [0.717, 1.165) is 37.2 Å². The van der Waals surface area contributed by atoms with Crippen molar-refractivity contribution in [2.24, 2.45) is 15.4 Å². The van der Waals surface area contributed by atoms with Gasteiger partial charge >= 0.3 is 0 Å². The maximum atomic E-state index is 4.91. The number of aromatic nitrogens is 2. The Morgan fingerprint density at radius 3 is 2.50 bits per heavy atom. The molecule has 1 N–H and O–H groups in total. The van der Waals surface area contributed by atoms with Crippen LogP contribution in [0.1, 0.15) is 36.7 Å². The summed E-state index contributed by atoms with van der Waals surface area (Å²) in [4.78, 5) is 0. The Labute approximate surface area is 141 Å². The van der Waals surface area contributed by atoms with Crippen molar-refractivity contribution >= 4 is 5.71 Å². The maximum absolute atomic E-state index is 4.91. The number of hydrogen-bond acceptors (Lipinski definition) is 5. The summed E-state index contributed by atoms with van der Waals surface area (Å²) < 4.78 is 2.18. The minimum Gasteiger partial charge on any atom is -0.316 e. The zero-order valence-electron chi connectivity index (χ0n) is 14.2. The van der Waals surface area contributed by atoms with Crippen molar-refractivity contribution in [2.75, 3.05) is 19.6 Å². The van der Waals surface area contributed by atoms with Gasteiger partial charge in [0.15, 0.2) is 0 Å². The Bertz CT molecular complexity index is 798. The topological polar surface area (TPSA) is 66.9 Å². The highest BCUT2D eigenvalue weighted by Crippen LogP contribution is 2.31. The second-order valence-electron chi connectivity index (χ2n) is 6.58. The lowest BCUT2D eigenvalue weighted by atomic mass is 10.00. The molecular weight excluding hydrogens is 300 g/mol. The number of benzene rings is 1. The zero-order chi connectivity index (χ0) is 16.5. The molecule has 4 rings (SSSR count). The Balaban J connectivity index is 1.76. The Hall–Kier alpha value is -2.34.